The Morgan fingerprint density at radius 1 is 1.38 bits per heavy atom. The molecule has 0 aliphatic carbocycles. The molecule has 0 bridgehead atoms. The van der Waals surface area contributed by atoms with Gasteiger partial charge in [-0.2, -0.15) is 0 Å². The zero-order valence-corrected chi connectivity index (χ0v) is 15.2. The van der Waals surface area contributed by atoms with E-state index in [1.54, 1.807) is 6.08 Å². The van der Waals surface area contributed by atoms with Crippen LogP contribution in [-0.4, -0.2) is 38.9 Å². The summed E-state index contributed by atoms with van der Waals surface area (Å²) >= 11 is 6.36. The molecule has 7 heteroatoms. The van der Waals surface area contributed by atoms with Gasteiger partial charge in [0.05, 0.1) is 11.5 Å². The minimum absolute atomic E-state index is 0.290. The first-order valence-corrected chi connectivity index (χ1v) is 8.93. The molecule has 1 aliphatic heterocycles. The van der Waals surface area contributed by atoms with Crippen LogP contribution in [0.1, 0.15) is 32.3 Å². The maximum Gasteiger partial charge on any atom is 0.326 e. The van der Waals surface area contributed by atoms with Crippen LogP contribution in [0.15, 0.2) is 29.2 Å². The third-order valence-corrected chi connectivity index (χ3v) is 4.80. The molecule has 1 heterocycles. The molecule has 5 nitrogen and oxygen atoms in total. The van der Waals surface area contributed by atoms with Gasteiger partial charge in [-0.25, -0.2) is 4.79 Å². The molecule has 1 atom stereocenters. The van der Waals surface area contributed by atoms with Gasteiger partial charge in [-0.05, 0) is 37.1 Å². The van der Waals surface area contributed by atoms with E-state index >= 15 is 0 Å². The fraction of sp³-hybridized carbons (Fsp3) is 0.353. The molecular weight excluding hydrogens is 346 g/mol. The number of aliphatic carboxylic acids is 1. The number of carbonyl (C=O) groups is 2. The molecule has 2 rings (SSSR count). The Labute approximate surface area is 150 Å². The van der Waals surface area contributed by atoms with Crippen LogP contribution in [-0.2, 0) is 9.59 Å². The third kappa shape index (κ3) is 4.15. The van der Waals surface area contributed by atoms with Crippen molar-refractivity contribution in [2.24, 2.45) is 0 Å². The quantitative estimate of drug-likeness (QED) is 0.589. The second kappa shape index (κ2) is 8.30. The maximum absolute atomic E-state index is 12.6. The first-order chi connectivity index (χ1) is 11.5. The van der Waals surface area contributed by atoms with Crippen LogP contribution in [0.3, 0.4) is 0 Å². The molecule has 0 spiro atoms. The van der Waals surface area contributed by atoms with Crippen LogP contribution in [0.25, 0.3) is 6.08 Å². The minimum atomic E-state index is -1.03. The highest BCUT2D eigenvalue weighted by Crippen LogP contribution is 2.35. The molecule has 128 valence electrons. The number of carboxylic acids is 1. The van der Waals surface area contributed by atoms with E-state index in [0.29, 0.717) is 24.4 Å². The van der Waals surface area contributed by atoms with Crippen LogP contribution in [0, 0.1) is 0 Å². The highest BCUT2D eigenvalue weighted by molar-refractivity contribution is 8.26. The van der Waals surface area contributed by atoms with Crippen molar-refractivity contribution in [3.05, 3.63) is 34.7 Å². The molecule has 1 unspecified atom stereocenters. The van der Waals surface area contributed by atoms with Crippen molar-refractivity contribution >= 4 is 46.3 Å². The zero-order chi connectivity index (χ0) is 17.7. The van der Waals surface area contributed by atoms with Crippen molar-refractivity contribution in [3.63, 3.8) is 0 Å². The first kappa shape index (κ1) is 18.5. The van der Waals surface area contributed by atoms with Gasteiger partial charge >= 0.3 is 5.97 Å². The lowest BCUT2D eigenvalue weighted by molar-refractivity contribution is -0.145. The summed E-state index contributed by atoms with van der Waals surface area (Å²) in [5, 5.41) is 9.36. The number of benzene rings is 1. The Balaban J connectivity index is 2.22. The molecule has 0 saturated carbocycles. The van der Waals surface area contributed by atoms with E-state index in [-0.39, 0.29) is 10.2 Å². The molecule has 1 saturated heterocycles. The SMILES string of the molecule is CCCC(C(=O)O)N1C(=O)/C(=C/c2ccc(OCC)cc2)SC1=S. The van der Waals surface area contributed by atoms with Crippen LogP contribution >= 0.6 is 24.0 Å². The number of carboxylic acid groups (broad SMARTS) is 1. The average molecular weight is 365 g/mol. The molecule has 0 radical (unpaired) electrons. The summed E-state index contributed by atoms with van der Waals surface area (Å²) in [5.41, 5.74) is 0.835. The van der Waals surface area contributed by atoms with Crippen LogP contribution in [0.2, 0.25) is 0 Å². The lowest BCUT2D eigenvalue weighted by atomic mass is 10.1. The maximum atomic E-state index is 12.6. The summed E-state index contributed by atoms with van der Waals surface area (Å²) in [6.45, 7) is 4.38. The lowest BCUT2D eigenvalue weighted by Crippen LogP contribution is -2.43. The second-order valence-electron chi connectivity index (χ2n) is 5.20. The van der Waals surface area contributed by atoms with Crippen molar-refractivity contribution in [3.8, 4) is 5.75 Å². The van der Waals surface area contributed by atoms with Gasteiger partial charge in [-0.1, -0.05) is 49.5 Å². The third-order valence-electron chi connectivity index (χ3n) is 3.47. The highest BCUT2D eigenvalue weighted by Gasteiger charge is 2.39. The molecule has 24 heavy (non-hydrogen) atoms. The summed E-state index contributed by atoms with van der Waals surface area (Å²) in [5.74, 6) is -0.619. The Morgan fingerprint density at radius 3 is 2.58 bits per heavy atom. The summed E-state index contributed by atoms with van der Waals surface area (Å²) in [6, 6.07) is 6.44. The van der Waals surface area contributed by atoms with Crippen molar-refractivity contribution in [1.82, 2.24) is 4.90 Å². The standard InChI is InChI=1S/C17H19NO4S2/c1-3-5-13(16(20)21)18-15(19)14(24-17(18)23)10-11-6-8-12(9-7-11)22-4-2/h6-10,13H,3-5H2,1-2H3,(H,20,21)/b14-10-. The Kier molecular flexibility index (Phi) is 6.39. The molecule has 1 aromatic rings. The Bertz CT molecular complexity index is 670. The molecule has 0 aromatic heterocycles. The molecule has 1 fully saturated rings. The number of thiocarbonyl (C=S) groups is 1. The van der Waals surface area contributed by atoms with E-state index in [2.05, 4.69) is 0 Å². The van der Waals surface area contributed by atoms with Crippen molar-refractivity contribution in [2.45, 2.75) is 32.7 Å². The van der Waals surface area contributed by atoms with Gasteiger partial charge in [-0.3, -0.25) is 9.69 Å². The smallest absolute Gasteiger partial charge is 0.326 e. The van der Waals surface area contributed by atoms with Gasteiger partial charge < -0.3 is 9.84 Å². The summed E-state index contributed by atoms with van der Waals surface area (Å²) in [6.07, 6.45) is 2.75. The van der Waals surface area contributed by atoms with Crippen molar-refractivity contribution in [1.29, 1.82) is 0 Å². The van der Waals surface area contributed by atoms with Gasteiger partial charge in [0.25, 0.3) is 5.91 Å². The molecule has 1 aromatic carbocycles. The molecule has 1 aliphatic rings. The van der Waals surface area contributed by atoms with Gasteiger partial charge in [-0.15, -0.1) is 0 Å². The summed E-state index contributed by atoms with van der Waals surface area (Å²) in [7, 11) is 0. The number of thioether (sulfide) groups is 1. The zero-order valence-electron chi connectivity index (χ0n) is 13.5. The van der Waals surface area contributed by atoms with Crippen LogP contribution in [0.4, 0.5) is 0 Å². The summed E-state index contributed by atoms with van der Waals surface area (Å²) < 4.78 is 5.67. The van der Waals surface area contributed by atoms with E-state index < -0.39 is 12.0 Å². The van der Waals surface area contributed by atoms with Gasteiger partial charge in [0.1, 0.15) is 16.1 Å². The fourth-order valence-corrected chi connectivity index (χ4v) is 3.72. The number of hydrogen-bond donors (Lipinski definition) is 1. The number of hydrogen-bond acceptors (Lipinski definition) is 5. The number of rotatable bonds is 7. The monoisotopic (exact) mass is 365 g/mol. The number of nitrogens with zero attached hydrogens (tertiary/aromatic N) is 1. The molecule has 1 N–H and O–H groups in total. The Hall–Kier alpha value is -1.86. The first-order valence-electron chi connectivity index (χ1n) is 7.70. The van der Waals surface area contributed by atoms with E-state index in [4.69, 9.17) is 17.0 Å². The van der Waals surface area contributed by atoms with Crippen LogP contribution in [0.5, 0.6) is 5.75 Å². The predicted octanol–water partition coefficient (Wildman–Crippen LogP) is 3.54. The van der Waals surface area contributed by atoms with E-state index in [1.807, 2.05) is 38.1 Å². The highest BCUT2D eigenvalue weighted by atomic mass is 32.2. The van der Waals surface area contributed by atoms with E-state index in [1.165, 1.54) is 4.90 Å². The second-order valence-corrected chi connectivity index (χ2v) is 6.87. The lowest BCUT2D eigenvalue weighted by Gasteiger charge is -2.22. The molecular formula is C17H19NO4S2. The summed E-state index contributed by atoms with van der Waals surface area (Å²) in [4.78, 5) is 25.7. The fourth-order valence-electron chi connectivity index (χ4n) is 2.36. The predicted molar refractivity (Wildman–Crippen MR) is 99.0 cm³/mol. The normalized spacial score (nSPS) is 17.4. The van der Waals surface area contributed by atoms with Crippen molar-refractivity contribution < 1.29 is 19.4 Å². The van der Waals surface area contributed by atoms with E-state index in [9.17, 15) is 14.7 Å². The van der Waals surface area contributed by atoms with Gasteiger partial charge in [0, 0.05) is 0 Å². The van der Waals surface area contributed by atoms with Gasteiger partial charge in [0.15, 0.2) is 0 Å². The van der Waals surface area contributed by atoms with Crippen LogP contribution < -0.4 is 4.74 Å². The van der Waals surface area contributed by atoms with Crippen molar-refractivity contribution in [2.75, 3.05) is 6.61 Å². The van der Waals surface area contributed by atoms with E-state index in [0.717, 1.165) is 23.1 Å². The van der Waals surface area contributed by atoms with Gasteiger partial charge in [0.2, 0.25) is 0 Å². The Morgan fingerprint density at radius 2 is 2.04 bits per heavy atom. The number of ether oxygens (including phenoxy) is 1. The average Bonchev–Trinajstić information content (AvgIpc) is 2.81. The molecule has 1 amide bonds. The largest absolute Gasteiger partial charge is 0.494 e. The minimum Gasteiger partial charge on any atom is -0.494 e. The number of carbonyl (C=O) groups excluding carboxylic acids is 1. The number of amides is 1. The topological polar surface area (TPSA) is 66.8 Å².